The minimum absolute atomic E-state index is 0.235. The minimum atomic E-state index is -0.687. The third kappa shape index (κ3) is 2.76. The first-order chi connectivity index (χ1) is 8.08. The second kappa shape index (κ2) is 5.02. The zero-order valence-electron chi connectivity index (χ0n) is 9.93. The predicted molar refractivity (Wildman–Crippen MR) is 64.5 cm³/mol. The van der Waals surface area contributed by atoms with Gasteiger partial charge in [-0.1, -0.05) is 0 Å². The summed E-state index contributed by atoms with van der Waals surface area (Å²) in [7, 11) is 0. The molecule has 1 atom stereocenters. The molecule has 0 spiro atoms. The molecule has 0 amide bonds. The maximum Gasteiger partial charge on any atom is 0.123 e. The largest absolute Gasteiger partial charge is 0.393 e. The molecule has 1 aliphatic rings. The van der Waals surface area contributed by atoms with Crippen LogP contribution in [-0.4, -0.2) is 29.4 Å². The van der Waals surface area contributed by atoms with Gasteiger partial charge in [0.2, 0.25) is 0 Å². The molecule has 94 valence electrons. The minimum Gasteiger partial charge on any atom is -0.393 e. The fourth-order valence-corrected chi connectivity index (χ4v) is 2.25. The maximum atomic E-state index is 13.2. The van der Waals surface area contributed by atoms with Crippen LogP contribution in [0, 0.1) is 5.82 Å². The molecule has 2 rings (SSSR count). The molecule has 1 fully saturated rings. The van der Waals surface area contributed by atoms with E-state index in [1.807, 2.05) is 0 Å². The molecule has 0 saturated carbocycles. The van der Waals surface area contributed by atoms with Crippen molar-refractivity contribution in [3.8, 4) is 0 Å². The van der Waals surface area contributed by atoms with Gasteiger partial charge in [-0.3, -0.25) is 0 Å². The van der Waals surface area contributed by atoms with E-state index in [9.17, 15) is 14.6 Å². The third-order valence-electron chi connectivity index (χ3n) is 3.24. The first-order valence-electron chi connectivity index (χ1n) is 5.98. The van der Waals surface area contributed by atoms with E-state index in [0.717, 1.165) is 31.6 Å². The molecule has 1 aliphatic heterocycles. The Morgan fingerprint density at radius 1 is 1.35 bits per heavy atom. The summed E-state index contributed by atoms with van der Waals surface area (Å²) < 4.78 is 13.2. The fourth-order valence-electron chi connectivity index (χ4n) is 2.25. The van der Waals surface area contributed by atoms with E-state index in [4.69, 9.17) is 0 Å². The number of rotatable bonds is 2. The molecule has 0 bridgehead atoms. The van der Waals surface area contributed by atoms with Gasteiger partial charge in [-0.15, -0.1) is 0 Å². The van der Waals surface area contributed by atoms with Gasteiger partial charge in [0.1, 0.15) is 5.82 Å². The lowest BCUT2D eigenvalue weighted by molar-refractivity contribution is 0.145. The molecule has 1 unspecified atom stereocenters. The molecule has 0 aliphatic carbocycles. The Morgan fingerprint density at radius 3 is 2.59 bits per heavy atom. The number of aliphatic hydroxyl groups excluding tert-OH is 2. The van der Waals surface area contributed by atoms with Crippen molar-refractivity contribution in [1.82, 2.24) is 0 Å². The van der Waals surface area contributed by atoms with Gasteiger partial charge in [0.25, 0.3) is 0 Å². The highest BCUT2D eigenvalue weighted by Crippen LogP contribution is 2.29. The summed E-state index contributed by atoms with van der Waals surface area (Å²) in [6.07, 6.45) is 0.516. The molecule has 0 aromatic heterocycles. The number of halogens is 1. The average Bonchev–Trinajstić information content (AvgIpc) is 2.30. The van der Waals surface area contributed by atoms with E-state index in [1.54, 1.807) is 13.0 Å². The van der Waals surface area contributed by atoms with Crippen LogP contribution in [0.2, 0.25) is 0 Å². The predicted octanol–water partition coefficient (Wildman–Crippen LogP) is 1.84. The van der Waals surface area contributed by atoms with Crippen LogP contribution < -0.4 is 4.90 Å². The van der Waals surface area contributed by atoms with Crippen LogP contribution in [0.15, 0.2) is 18.2 Å². The Balaban J connectivity index is 2.25. The summed E-state index contributed by atoms with van der Waals surface area (Å²) in [5, 5.41) is 19.1. The van der Waals surface area contributed by atoms with Gasteiger partial charge in [-0.25, -0.2) is 4.39 Å². The zero-order valence-corrected chi connectivity index (χ0v) is 9.93. The van der Waals surface area contributed by atoms with Crippen LogP contribution in [0.5, 0.6) is 0 Å². The maximum absolute atomic E-state index is 13.2. The van der Waals surface area contributed by atoms with Crippen LogP contribution in [0.3, 0.4) is 0 Å². The van der Waals surface area contributed by atoms with Crippen molar-refractivity contribution in [2.45, 2.75) is 32.0 Å². The standard InChI is InChI=1S/C13H18FNO2/c1-9(16)12-8-10(14)2-3-13(12)15-6-4-11(17)5-7-15/h2-3,8-9,11,16-17H,4-7H2,1H3. The lowest BCUT2D eigenvalue weighted by atomic mass is 10.0. The van der Waals surface area contributed by atoms with E-state index in [1.165, 1.54) is 12.1 Å². The molecule has 3 nitrogen and oxygen atoms in total. The van der Waals surface area contributed by atoms with Gasteiger partial charge < -0.3 is 15.1 Å². The van der Waals surface area contributed by atoms with Gasteiger partial charge >= 0.3 is 0 Å². The van der Waals surface area contributed by atoms with E-state index < -0.39 is 6.10 Å². The van der Waals surface area contributed by atoms with Gasteiger partial charge in [-0.05, 0) is 38.0 Å². The van der Waals surface area contributed by atoms with Gasteiger partial charge in [0.15, 0.2) is 0 Å². The fraction of sp³-hybridized carbons (Fsp3) is 0.538. The summed E-state index contributed by atoms with van der Waals surface area (Å²) in [4.78, 5) is 2.09. The number of anilines is 1. The van der Waals surface area contributed by atoms with Crippen molar-refractivity contribution < 1.29 is 14.6 Å². The summed E-state index contributed by atoms with van der Waals surface area (Å²) in [5.41, 5.74) is 1.48. The Kier molecular flexibility index (Phi) is 3.64. The Hall–Kier alpha value is -1.13. The lowest BCUT2D eigenvalue weighted by Gasteiger charge is -2.33. The molecule has 2 N–H and O–H groups in total. The van der Waals surface area contributed by atoms with Crippen LogP contribution >= 0.6 is 0 Å². The molecule has 0 radical (unpaired) electrons. The second-order valence-electron chi connectivity index (χ2n) is 4.60. The SMILES string of the molecule is CC(O)c1cc(F)ccc1N1CCC(O)CC1. The summed E-state index contributed by atoms with van der Waals surface area (Å²) >= 11 is 0. The van der Waals surface area contributed by atoms with Crippen LogP contribution in [0.1, 0.15) is 31.4 Å². The van der Waals surface area contributed by atoms with Gasteiger partial charge in [-0.2, -0.15) is 0 Å². The Bertz CT molecular complexity index is 387. The number of aliphatic hydroxyl groups is 2. The zero-order chi connectivity index (χ0) is 12.4. The van der Waals surface area contributed by atoms with Crippen molar-refractivity contribution in [2.75, 3.05) is 18.0 Å². The summed E-state index contributed by atoms with van der Waals surface area (Å²) in [5.74, 6) is -0.332. The van der Waals surface area contributed by atoms with E-state index >= 15 is 0 Å². The van der Waals surface area contributed by atoms with E-state index in [2.05, 4.69) is 4.90 Å². The van der Waals surface area contributed by atoms with Gasteiger partial charge in [0, 0.05) is 24.3 Å². The number of piperidine rings is 1. The van der Waals surface area contributed by atoms with Crippen molar-refractivity contribution in [3.63, 3.8) is 0 Å². The smallest absolute Gasteiger partial charge is 0.123 e. The molecule has 1 aromatic carbocycles. The lowest BCUT2D eigenvalue weighted by Crippen LogP contribution is -2.36. The number of hydrogen-bond donors (Lipinski definition) is 2. The second-order valence-corrected chi connectivity index (χ2v) is 4.60. The topological polar surface area (TPSA) is 43.7 Å². The first kappa shape index (κ1) is 12.3. The Labute approximate surface area is 100 Å². The van der Waals surface area contributed by atoms with E-state index in [-0.39, 0.29) is 11.9 Å². The van der Waals surface area contributed by atoms with Crippen molar-refractivity contribution in [1.29, 1.82) is 0 Å². The third-order valence-corrected chi connectivity index (χ3v) is 3.24. The highest BCUT2D eigenvalue weighted by atomic mass is 19.1. The van der Waals surface area contributed by atoms with Crippen LogP contribution in [0.25, 0.3) is 0 Å². The van der Waals surface area contributed by atoms with Crippen molar-refractivity contribution in [2.24, 2.45) is 0 Å². The van der Waals surface area contributed by atoms with E-state index in [0.29, 0.717) is 5.56 Å². The number of nitrogens with zero attached hydrogens (tertiary/aromatic N) is 1. The van der Waals surface area contributed by atoms with Crippen molar-refractivity contribution in [3.05, 3.63) is 29.6 Å². The Morgan fingerprint density at radius 2 is 2.00 bits per heavy atom. The summed E-state index contributed by atoms with van der Waals surface area (Å²) in [6.45, 7) is 3.12. The molecule has 4 heteroatoms. The summed E-state index contributed by atoms with van der Waals surface area (Å²) in [6, 6.07) is 4.49. The number of benzene rings is 1. The van der Waals surface area contributed by atoms with Crippen LogP contribution in [0.4, 0.5) is 10.1 Å². The average molecular weight is 239 g/mol. The van der Waals surface area contributed by atoms with Crippen molar-refractivity contribution >= 4 is 5.69 Å². The molecule has 1 heterocycles. The first-order valence-corrected chi connectivity index (χ1v) is 5.98. The molecule has 1 saturated heterocycles. The highest BCUT2D eigenvalue weighted by Gasteiger charge is 2.20. The number of hydrogen-bond acceptors (Lipinski definition) is 3. The molecule has 17 heavy (non-hydrogen) atoms. The van der Waals surface area contributed by atoms with Crippen LogP contribution in [-0.2, 0) is 0 Å². The highest BCUT2D eigenvalue weighted by molar-refractivity contribution is 5.55. The normalized spacial score (nSPS) is 19.4. The molecular weight excluding hydrogens is 221 g/mol. The quantitative estimate of drug-likeness (QED) is 0.827. The molecule has 1 aromatic rings. The van der Waals surface area contributed by atoms with Gasteiger partial charge in [0.05, 0.1) is 12.2 Å². The monoisotopic (exact) mass is 239 g/mol. The molecular formula is C13H18FNO2.